The van der Waals surface area contributed by atoms with Crippen molar-refractivity contribution in [2.45, 2.75) is 128 Å². The normalized spacial score (nSPS) is 15.0. The van der Waals surface area contributed by atoms with Crippen LogP contribution >= 0.6 is 0 Å². The lowest BCUT2D eigenvalue weighted by molar-refractivity contribution is -0.166. The molecule has 5 nitrogen and oxygen atoms in total. The lowest BCUT2D eigenvalue weighted by atomic mass is 10.0. The molecule has 0 radical (unpaired) electrons. The summed E-state index contributed by atoms with van der Waals surface area (Å²) in [4.78, 5) is 0. The van der Waals surface area contributed by atoms with Crippen molar-refractivity contribution in [1.82, 2.24) is 0 Å². The molecule has 0 saturated heterocycles. The molecule has 0 saturated carbocycles. The number of rotatable bonds is 22. The number of hydrogen-bond acceptors (Lipinski definition) is 5. The van der Waals surface area contributed by atoms with Gasteiger partial charge in [0, 0.05) is 0 Å². The zero-order chi connectivity index (χ0) is 38.5. The van der Waals surface area contributed by atoms with Crippen molar-refractivity contribution in [2.24, 2.45) is 0 Å². The highest BCUT2D eigenvalue weighted by molar-refractivity contribution is 6.94. The van der Waals surface area contributed by atoms with E-state index >= 15 is 0 Å². The van der Waals surface area contributed by atoms with Crippen LogP contribution in [0.4, 0.5) is 0 Å². The molecule has 0 aliphatic heterocycles. The molecule has 0 heterocycles. The summed E-state index contributed by atoms with van der Waals surface area (Å²) < 4.78 is 35.5. The molecular formula is C45H66O5Si3. The zero-order valence-corrected chi connectivity index (χ0v) is 37.1. The Morgan fingerprint density at radius 2 is 0.811 bits per heavy atom. The molecule has 4 atom stereocenters. The van der Waals surface area contributed by atoms with Crippen molar-refractivity contribution in [3.63, 3.8) is 0 Å². The molecule has 0 spiro atoms. The molecule has 8 heteroatoms. The van der Waals surface area contributed by atoms with Gasteiger partial charge in [-0.25, -0.2) is 0 Å². The first-order valence-electron chi connectivity index (χ1n) is 19.5. The SMILES string of the molecule is CC(C)[Si](C[C@H](O[Si](C)(C)C)[C@@H](OCc1ccccc1)[C@H](OCc1ccccc1)[C@@H](COCc1ccccc1)O[Si](C)(C)C)(c1ccccc1)C(C)C. The number of benzene rings is 4. The summed E-state index contributed by atoms with van der Waals surface area (Å²) in [5.41, 5.74) is 4.30. The molecule has 53 heavy (non-hydrogen) atoms. The van der Waals surface area contributed by atoms with E-state index in [1.807, 2.05) is 12.1 Å². The molecule has 288 valence electrons. The third-order valence-electron chi connectivity index (χ3n) is 9.94. The Kier molecular flexibility index (Phi) is 16.5. The highest BCUT2D eigenvalue weighted by Crippen LogP contribution is 2.40. The van der Waals surface area contributed by atoms with Crippen LogP contribution in [0.1, 0.15) is 44.4 Å². The van der Waals surface area contributed by atoms with Gasteiger partial charge in [0.15, 0.2) is 16.6 Å². The second kappa shape index (κ2) is 20.3. The van der Waals surface area contributed by atoms with Crippen LogP contribution in [0.15, 0.2) is 121 Å². The Bertz CT molecular complexity index is 1570. The second-order valence-electron chi connectivity index (χ2n) is 17.0. The zero-order valence-electron chi connectivity index (χ0n) is 34.1. The van der Waals surface area contributed by atoms with Gasteiger partial charge in [0.2, 0.25) is 0 Å². The Balaban J connectivity index is 1.88. The van der Waals surface area contributed by atoms with Gasteiger partial charge in [0.25, 0.3) is 0 Å². The van der Waals surface area contributed by atoms with E-state index in [-0.39, 0.29) is 12.2 Å². The summed E-state index contributed by atoms with van der Waals surface area (Å²) in [5.74, 6) is 0. The average molecular weight is 771 g/mol. The molecule has 4 aromatic carbocycles. The maximum absolute atomic E-state index is 7.44. The average Bonchev–Trinajstić information content (AvgIpc) is 3.11. The predicted octanol–water partition coefficient (Wildman–Crippen LogP) is 11.0. The van der Waals surface area contributed by atoms with Gasteiger partial charge in [-0.15, -0.1) is 0 Å². The summed E-state index contributed by atoms with van der Waals surface area (Å²) in [6, 6.07) is 43.4. The minimum absolute atomic E-state index is 0.232. The smallest absolute Gasteiger partial charge is 0.184 e. The van der Waals surface area contributed by atoms with Gasteiger partial charge in [-0.2, -0.15) is 0 Å². The highest BCUT2D eigenvalue weighted by atomic mass is 28.4. The maximum atomic E-state index is 7.44. The molecule has 0 aliphatic carbocycles. The van der Waals surface area contributed by atoms with Crippen molar-refractivity contribution in [3.05, 3.63) is 138 Å². The summed E-state index contributed by atoms with van der Waals surface area (Å²) in [5, 5.41) is 1.47. The second-order valence-corrected chi connectivity index (χ2v) is 31.3. The van der Waals surface area contributed by atoms with Crippen LogP contribution in [-0.2, 0) is 42.9 Å². The first-order chi connectivity index (χ1) is 25.2. The Labute approximate surface area is 324 Å². The molecule has 0 bridgehead atoms. The van der Waals surface area contributed by atoms with E-state index in [1.54, 1.807) is 0 Å². The van der Waals surface area contributed by atoms with Gasteiger partial charge in [0.1, 0.15) is 12.2 Å². The Morgan fingerprint density at radius 3 is 1.21 bits per heavy atom. The van der Waals surface area contributed by atoms with Crippen molar-refractivity contribution in [2.75, 3.05) is 6.61 Å². The largest absolute Gasteiger partial charge is 0.412 e. The molecular weight excluding hydrogens is 705 g/mol. The summed E-state index contributed by atoms with van der Waals surface area (Å²) >= 11 is 0. The molecule has 4 rings (SSSR count). The quantitative estimate of drug-likeness (QED) is 0.0745. The van der Waals surface area contributed by atoms with E-state index in [9.17, 15) is 0 Å². The topological polar surface area (TPSA) is 46.2 Å². The number of hydrogen-bond donors (Lipinski definition) is 0. The summed E-state index contributed by atoms with van der Waals surface area (Å²) in [7, 11) is -6.48. The van der Waals surface area contributed by atoms with Crippen LogP contribution in [0.25, 0.3) is 0 Å². The van der Waals surface area contributed by atoms with Crippen LogP contribution in [0, 0.1) is 0 Å². The van der Waals surface area contributed by atoms with Gasteiger partial charge < -0.3 is 23.1 Å². The fourth-order valence-corrected chi connectivity index (χ4v) is 15.6. The van der Waals surface area contributed by atoms with Crippen LogP contribution < -0.4 is 5.19 Å². The van der Waals surface area contributed by atoms with Crippen molar-refractivity contribution < 1.29 is 23.1 Å². The Hall–Kier alpha value is -2.67. The van der Waals surface area contributed by atoms with Gasteiger partial charge in [0.05, 0.1) is 46.7 Å². The highest BCUT2D eigenvalue weighted by Gasteiger charge is 2.49. The molecule has 4 aromatic rings. The fraction of sp³-hybridized carbons (Fsp3) is 0.467. The van der Waals surface area contributed by atoms with Gasteiger partial charge in [-0.1, -0.05) is 154 Å². The minimum atomic E-state index is -2.25. The van der Waals surface area contributed by atoms with E-state index in [1.165, 1.54) is 5.19 Å². The summed E-state index contributed by atoms with van der Waals surface area (Å²) in [6.07, 6.45) is -1.51. The van der Waals surface area contributed by atoms with Gasteiger partial charge in [-0.3, -0.25) is 0 Å². The van der Waals surface area contributed by atoms with Crippen molar-refractivity contribution in [1.29, 1.82) is 0 Å². The lowest BCUT2D eigenvalue weighted by Gasteiger charge is -2.47. The van der Waals surface area contributed by atoms with Gasteiger partial charge in [-0.05, 0) is 73.1 Å². The first-order valence-corrected chi connectivity index (χ1v) is 28.7. The molecule has 0 N–H and O–H groups in total. The van der Waals surface area contributed by atoms with Crippen molar-refractivity contribution in [3.8, 4) is 0 Å². The molecule has 0 fully saturated rings. The van der Waals surface area contributed by atoms with Crippen LogP contribution in [0.3, 0.4) is 0 Å². The lowest BCUT2D eigenvalue weighted by Crippen LogP contribution is -2.60. The van der Waals surface area contributed by atoms with Crippen LogP contribution in [0.2, 0.25) is 56.4 Å². The van der Waals surface area contributed by atoms with Gasteiger partial charge >= 0.3 is 0 Å². The monoisotopic (exact) mass is 770 g/mol. The third-order valence-corrected chi connectivity index (χ3v) is 18.6. The third kappa shape index (κ3) is 13.5. The number of ether oxygens (including phenoxy) is 3. The standard InChI is InChI=1S/C45H66O5Si3/c1-36(2)53(37(3)4,41-29-21-14-22-30-41)35-43(50-52(8,9)10)45(48-33-40-27-19-13-20-28-40)44(47-32-39-25-17-12-18-26-39)42(49-51(5,6)7)34-46-31-38-23-15-11-16-24-38/h11-30,36-37,42-45H,31-35H2,1-10H3/t42-,43+,44-,45-/m1/s1. The van der Waals surface area contributed by atoms with E-state index in [0.29, 0.717) is 37.5 Å². The summed E-state index contributed by atoms with van der Waals surface area (Å²) in [6.45, 7) is 25.0. The minimum Gasteiger partial charge on any atom is -0.412 e. The first kappa shape index (κ1) is 43.1. The van der Waals surface area contributed by atoms with E-state index in [0.717, 1.165) is 22.7 Å². The molecule has 0 amide bonds. The van der Waals surface area contributed by atoms with E-state index < -0.39 is 36.9 Å². The Morgan fingerprint density at radius 1 is 0.453 bits per heavy atom. The fourth-order valence-electron chi connectivity index (χ4n) is 7.56. The van der Waals surface area contributed by atoms with Crippen LogP contribution in [-0.4, -0.2) is 55.7 Å². The predicted molar refractivity (Wildman–Crippen MR) is 229 cm³/mol. The van der Waals surface area contributed by atoms with E-state index in [4.69, 9.17) is 23.1 Å². The maximum Gasteiger partial charge on any atom is 0.184 e. The molecule has 0 aliphatic rings. The van der Waals surface area contributed by atoms with Crippen LogP contribution in [0.5, 0.6) is 0 Å². The molecule has 0 aromatic heterocycles. The molecule has 0 unspecified atom stereocenters. The van der Waals surface area contributed by atoms with Crippen molar-refractivity contribution >= 4 is 29.9 Å². The van der Waals surface area contributed by atoms with E-state index in [2.05, 4.69) is 176 Å².